The van der Waals surface area contributed by atoms with Crippen LogP contribution in [0.1, 0.15) is 17.0 Å². The molecule has 170 valence electrons. The van der Waals surface area contributed by atoms with E-state index in [1.165, 1.54) is 11.1 Å². The van der Waals surface area contributed by atoms with E-state index in [2.05, 4.69) is 69.5 Å². The molecule has 0 bridgehead atoms. The van der Waals surface area contributed by atoms with Crippen LogP contribution in [0.3, 0.4) is 0 Å². The zero-order chi connectivity index (χ0) is 22.9. The van der Waals surface area contributed by atoms with Crippen molar-refractivity contribution in [3.05, 3.63) is 102 Å². The largest absolute Gasteiger partial charge is 0.362 e. The van der Waals surface area contributed by atoms with E-state index in [1.54, 1.807) is 6.20 Å². The van der Waals surface area contributed by atoms with Gasteiger partial charge in [0.15, 0.2) is 0 Å². The Morgan fingerprint density at radius 2 is 1.71 bits per heavy atom. The highest BCUT2D eigenvalue weighted by atomic mass is 16.2. The molecule has 3 heterocycles. The van der Waals surface area contributed by atoms with Crippen LogP contribution in [0.25, 0.3) is 11.1 Å². The average molecular weight is 450 g/mol. The quantitative estimate of drug-likeness (QED) is 0.474. The Bertz CT molecular complexity index is 1300. The number of aromatic amines is 1. The van der Waals surface area contributed by atoms with Crippen LogP contribution in [-0.4, -0.2) is 40.5 Å². The summed E-state index contributed by atoms with van der Waals surface area (Å²) in [5.74, 6) is 0.923. The number of hydrogen-bond acceptors (Lipinski definition) is 3. The van der Waals surface area contributed by atoms with E-state index in [1.807, 2.05) is 34.2 Å². The van der Waals surface area contributed by atoms with Crippen LogP contribution in [0.2, 0.25) is 0 Å². The maximum atomic E-state index is 13.7. The molecule has 6 heteroatoms. The first-order chi connectivity index (χ1) is 16.8. The van der Waals surface area contributed by atoms with Gasteiger partial charge in [0, 0.05) is 49.9 Å². The zero-order valence-electron chi connectivity index (χ0n) is 19.0. The third kappa shape index (κ3) is 3.81. The summed E-state index contributed by atoms with van der Waals surface area (Å²) in [7, 11) is 0. The van der Waals surface area contributed by atoms with Crippen molar-refractivity contribution >= 4 is 17.4 Å². The Hall–Kier alpha value is -4.06. The number of carbonyl (C=O) groups excluding carboxylic acids is 1. The van der Waals surface area contributed by atoms with Gasteiger partial charge >= 0.3 is 6.03 Å². The Morgan fingerprint density at radius 1 is 0.853 bits per heavy atom. The van der Waals surface area contributed by atoms with Crippen molar-refractivity contribution in [1.29, 1.82) is 0 Å². The number of imidazole rings is 1. The predicted molar refractivity (Wildman–Crippen MR) is 135 cm³/mol. The lowest BCUT2D eigenvalue weighted by Gasteiger charge is -2.28. The van der Waals surface area contributed by atoms with Gasteiger partial charge < -0.3 is 14.8 Å². The minimum absolute atomic E-state index is 0.0841. The molecule has 0 spiro atoms. The van der Waals surface area contributed by atoms with Crippen LogP contribution in [0.5, 0.6) is 0 Å². The summed E-state index contributed by atoms with van der Waals surface area (Å²) >= 11 is 0. The number of benzene rings is 3. The minimum atomic E-state index is 0.0841. The number of hydrogen-bond donors (Lipinski definition) is 1. The second kappa shape index (κ2) is 8.71. The van der Waals surface area contributed by atoms with E-state index in [0.717, 1.165) is 47.8 Å². The topological polar surface area (TPSA) is 55.5 Å². The van der Waals surface area contributed by atoms with Gasteiger partial charge in [-0.2, -0.15) is 0 Å². The number of anilines is 2. The maximum absolute atomic E-state index is 13.7. The van der Waals surface area contributed by atoms with E-state index >= 15 is 0 Å². The van der Waals surface area contributed by atoms with E-state index in [4.69, 9.17) is 0 Å². The number of aromatic nitrogens is 2. The number of rotatable bonds is 3. The Labute approximate surface area is 199 Å². The Balaban J connectivity index is 1.34. The molecule has 0 saturated carbocycles. The Morgan fingerprint density at radius 3 is 2.56 bits per heavy atom. The second-order valence-electron chi connectivity index (χ2n) is 8.90. The second-order valence-corrected chi connectivity index (χ2v) is 8.90. The first-order valence-corrected chi connectivity index (χ1v) is 11.8. The smallest absolute Gasteiger partial charge is 0.324 e. The molecule has 2 amide bonds. The van der Waals surface area contributed by atoms with Gasteiger partial charge in [-0.25, -0.2) is 9.78 Å². The summed E-state index contributed by atoms with van der Waals surface area (Å²) in [4.78, 5) is 27.6. The molecule has 0 aliphatic carbocycles. The molecule has 0 atom stereocenters. The van der Waals surface area contributed by atoms with Crippen molar-refractivity contribution < 1.29 is 4.79 Å². The summed E-state index contributed by atoms with van der Waals surface area (Å²) < 4.78 is 0. The number of urea groups is 1. The standard InChI is InChI=1S/C28H27N5O/c34-28(33-15-12-22-8-4-5-9-26(22)33)32-17-16-31(20-27-29-13-14-30-27)25-11-10-23(18-24(25)19-32)21-6-2-1-3-7-21/h1-11,13-14,18H,12,15-17,19-20H2,(H,29,30). The van der Waals surface area contributed by atoms with Gasteiger partial charge in [-0.1, -0.05) is 54.6 Å². The molecule has 4 aromatic rings. The van der Waals surface area contributed by atoms with Gasteiger partial charge in [-0.3, -0.25) is 4.90 Å². The lowest BCUT2D eigenvalue weighted by Crippen LogP contribution is -2.44. The fourth-order valence-corrected chi connectivity index (χ4v) is 5.08. The van der Waals surface area contributed by atoms with E-state index < -0.39 is 0 Å². The van der Waals surface area contributed by atoms with Crippen LogP contribution in [0.15, 0.2) is 85.2 Å². The number of H-pyrrole nitrogens is 1. The molecule has 6 rings (SSSR count). The highest BCUT2D eigenvalue weighted by Crippen LogP contribution is 2.33. The normalized spacial score (nSPS) is 15.1. The van der Waals surface area contributed by atoms with Crippen LogP contribution in [-0.2, 0) is 19.5 Å². The fraction of sp³-hybridized carbons (Fsp3) is 0.214. The van der Waals surface area contributed by atoms with Gasteiger partial charge in [-0.15, -0.1) is 0 Å². The number of amides is 2. The fourth-order valence-electron chi connectivity index (χ4n) is 5.08. The van der Waals surface area contributed by atoms with Crippen LogP contribution < -0.4 is 9.80 Å². The van der Waals surface area contributed by atoms with Gasteiger partial charge in [0.25, 0.3) is 0 Å². The Kier molecular flexibility index (Phi) is 5.26. The van der Waals surface area contributed by atoms with Crippen molar-refractivity contribution in [1.82, 2.24) is 14.9 Å². The minimum Gasteiger partial charge on any atom is -0.362 e. The maximum Gasteiger partial charge on any atom is 0.324 e. The highest BCUT2D eigenvalue weighted by molar-refractivity contribution is 5.94. The number of nitrogens with one attached hydrogen (secondary N) is 1. The number of carbonyl (C=O) groups is 1. The first kappa shape index (κ1) is 20.5. The lowest BCUT2D eigenvalue weighted by atomic mass is 10.0. The number of para-hydroxylation sites is 1. The number of fused-ring (bicyclic) bond motifs is 2. The van der Waals surface area contributed by atoms with Crippen molar-refractivity contribution in [3.63, 3.8) is 0 Å². The zero-order valence-corrected chi connectivity index (χ0v) is 19.0. The van der Waals surface area contributed by atoms with E-state index in [0.29, 0.717) is 19.6 Å². The predicted octanol–water partition coefficient (Wildman–Crippen LogP) is 5.08. The molecule has 2 aliphatic heterocycles. The SMILES string of the molecule is O=C(N1CCN(Cc2ncc[nH]2)c2ccc(-c3ccccc3)cc2C1)N1CCc2ccccc21. The molecule has 34 heavy (non-hydrogen) atoms. The van der Waals surface area contributed by atoms with Crippen LogP contribution in [0, 0.1) is 0 Å². The monoisotopic (exact) mass is 449 g/mol. The van der Waals surface area contributed by atoms with Crippen LogP contribution in [0.4, 0.5) is 16.2 Å². The van der Waals surface area contributed by atoms with Crippen molar-refractivity contribution in [2.75, 3.05) is 29.4 Å². The van der Waals surface area contributed by atoms with E-state index in [-0.39, 0.29) is 6.03 Å². The van der Waals surface area contributed by atoms with Crippen LogP contribution >= 0.6 is 0 Å². The van der Waals surface area contributed by atoms with Gasteiger partial charge in [0.05, 0.1) is 6.54 Å². The lowest BCUT2D eigenvalue weighted by molar-refractivity contribution is 0.205. The van der Waals surface area contributed by atoms with E-state index in [9.17, 15) is 4.79 Å². The molecule has 0 radical (unpaired) electrons. The molecule has 0 saturated heterocycles. The van der Waals surface area contributed by atoms with Gasteiger partial charge in [0.1, 0.15) is 5.82 Å². The third-order valence-electron chi connectivity index (χ3n) is 6.81. The third-order valence-corrected chi connectivity index (χ3v) is 6.81. The molecular formula is C28H27N5O. The molecule has 1 aromatic heterocycles. The average Bonchev–Trinajstić information content (AvgIpc) is 3.52. The molecule has 2 aliphatic rings. The highest BCUT2D eigenvalue weighted by Gasteiger charge is 2.31. The summed E-state index contributed by atoms with van der Waals surface area (Å²) in [5, 5.41) is 0. The molecule has 6 nitrogen and oxygen atoms in total. The molecule has 3 aromatic carbocycles. The first-order valence-electron chi connectivity index (χ1n) is 11.8. The summed E-state index contributed by atoms with van der Waals surface area (Å²) in [5.41, 5.74) is 6.95. The molecule has 0 unspecified atom stereocenters. The summed E-state index contributed by atoms with van der Waals surface area (Å²) in [6, 6.07) is 25.3. The molecule has 0 fully saturated rings. The summed E-state index contributed by atoms with van der Waals surface area (Å²) in [6.07, 6.45) is 4.55. The molecular weight excluding hydrogens is 422 g/mol. The van der Waals surface area contributed by atoms with Gasteiger partial charge in [0.2, 0.25) is 0 Å². The summed E-state index contributed by atoms with van der Waals surface area (Å²) in [6.45, 7) is 3.41. The number of nitrogens with zero attached hydrogens (tertiary/aromatic N) is 4. The van der Waals surface area contributed by atoms with Crippen molar-refractivity contribution in [3.8, 4) is 11.1 Å². The van der Waals surface area contributed by atoms with Crippen molar-refractivity contribution in [2.45, 2.75) is 19.5 Å². The molecule has 1 N–H and O–H groups in total. The van der Waals surface area contributed by atoms with Crippen molar-refractivity contribution in [2.24, 2.45) is 0 Å². The van der Waals surface area contributed by atoms with Gasteiger partial charge in [-0.05, 0) is 46.9 Å².